The Morgan fingerprint density at radius 1 is 1.32 bits per heavy atom. The molecule has 0 bridgehead atoms. The van der Waals surface area contributed by atoms with Crippen LogP contribution in [0.2, 0.25) is 0 Å². The second-order valence-corrected chi connectivity index (χ2v) is 7.39. The highest BCUT2D eigenvalue weighted by atomic mass is 32.2. The molecule has 118 valence electrons. The highest BCUT2D eigenvalue weighted by molar-refractivity contribution is 8.00. The molecule has 0 radical (unpaired) electrons. The van der Waals surface area contributed by atoms with E-state index in [2.05, 4.69) is 5.32 Å². The predicted octanol–water partition coefficient (Wildman–Crippen LogP) is 3.43. The van der Waals surface area contributed by atoms with E-state index < -0.39 is 0 Å². The lowest BCUT2D eigenvalue weighted by Crippen LogP contribution is -2.40. The van der Waals surface area contributed by atoms with E-state index in [0.29, 0.717) is 17.4 Å². The van der Waals surface area contributed by atoms with E-state index in [1.807, 2.05) is 31.2 Å². The highest BCUT2D eigenvalue weighted by Gasteiger charge is 2.30. The molecule has 1 aliphatic carbocycles. The fourth-order valence-electron chi connectivity index (χ4n) is 3.28. The summed E-state index contributed by atoms with van der Waals surface area (Å²) < 4.78 is 0. The van der Waals surface area contributed by atoms with E-state index in [4.69, 9.17) is 0 Å². The zero-order chi connectivity index (χ0) is 15.5. The van der Waals surface area contributed by atoms with Gasteiger partial charge in [-0.1, -0.05) is 25.0 Å². The lowest BCUT2D eigenvalue weighted by Gasteiger charge is -2.28. The quantitative estimate of drug-likeness (QED) is 0.929. The molecule has 1 N–H and O–H groups in total. The zero-order valence-electron chi connectivity index (χ0n) is 12.9. The number of carbonyl (C=O) groups excluding carboxylic acids is 2. The number of amides is 2. The number of fused-ring (bicyclic) bond motifs is 1. The van der Waals surface area contributed by atoms with Crippen LogP contribution in [0.15, 0.2) is 24.3 Å². The number of anilines is 2. The van der Waals surface area contributed by atoms with Crippen molar-refractivity contribution in [1.29, 1.82) is 0 Å². The van der Waals surface area contributed by atoms with Gasteiger partial charge in [-0.25, -0.2) is 0 Å². The van der Waals surface area contributed by atoms with Gasteiger partial charge in [0, 0.05) is 17.7 Å². The van der Waals surface area contributed by atoms with Crippen molar-refractivity contribution < 1.29 is 9.59 Å². The predicted molar refractivity (Wildman–Crippen MR) is 91.4 cm³/mol. The molecule has 2 amide bonds. The van der Waals surface area contributed by atoms with Gasteiger partial charge in [0.1, 0.15) is 0 Å². The van der Waals surface area contributed by atoms with Crippen molar-refractivity contribution in [3.8, 4) is 0 Å². The summed E-state index contributed by atoms with van der Waals surface area (Å²) in [5.74, 6) is 0.574. The van der Waals surface area contributed by atoms with Crippen LogP contribution < -0.4 is 10.2 Å². The number of carbonyl (C=O) groups is 2. The van der Waals surface area contributed by atoms with Crippen molar-refractivity contribution in [2.45, 2.75) is 50.3 Å². The Morgan fingerprint density at radius 3 is 2.82 bits per heavy atom. The summed E-state index contributed by atoms with van der Waals surface area (Å²) in [4.78, 5) is 26.5. The average molecular weight is 318 g/mol. The third-order valence-electron chi connectivity index (χ3n) is 4.37. The van der Waals surface area contributed by atoms with E-state index in [9.17, 15) is 9.59 Å². The highest BCUT2D eigenvalue weighted by Crippen LogP contribution is 2.33. The van der Waals surface area contributed by atoms with Gasteiger partial charge >= 0.3 is 0 Å². The molecule has 1 heterocycles. The molecule has 0 unspecified atom stereocenters. The van der Waals surface area contributed by atoms with Crippen LogP contribution in [0.1, 0.15) is 39.0 Å². The molecular formula is C17H22N2O2S. The first-order valence-corrected chi connectivity index (χ1v) is 9.02. The van der Waals surface area contributed by atoms with Crippen LogP contribution >= 0.6 is 11.8 Å². The van der Waals surface area contributed by atoms with Gasteiger partial charge in [-0.15, -0.1) is 11.8 Å². The van der Waals surface area contributed by atoms with Gasteiger partial charge in [-0.3, -0.25) is 9.59 Å². The molecule has 1 atom stereocenters. The second kappa shape index (κ2) is 6.73. The molecule has 1 aliphatic heterocycles. The fourth-order valence-corrected chi connectivity index (χ4v) is 4.47. The molecular weight excluding hydrogens is 296 g/mol. The first kappa shape index (κ1) is 15.4. The van der Waals surface area contributed by atoms with Crippen LogP contribution in [0.5, 0.6) is 0 Å². The van der Waals surface area contributed by atoms with Crippen molar-refractivity contribution in [2.24, 2.45) is 0 Å². The number of hydrogen-bond donors (Lipinski definition) is 1. The SMILES string of the molecule is C[C@H]1CC(=O)Nc2ccccc2N1C(=O)CSC1CCCC1. The lowest BCUT2D eigenvalue weighted by atomic mass is 10.2. The minimum absolute atomic E-state index is 0.0290. The maximum Gasteiger partial charge on any atom is 0.237 e. The van der Waals surface area contributed by atoms with Crippen LogP contribution in [0, 0.1) is 0 Å². The number of thioether (sulfide) groups is 1. The Balaban J connectivity index is 1.77. The third kappa shape index (κ3) is 3.29. The molecule has 1 aromatic carbocycles. The van der Waals surface area contributed by atoms with Crippen molar-refractivity contribution in [1.82, 2.24) is 0 Å². The Kier molecular flexibility index (Phi) is 4.71. The molecule has 0 spiro atoms. The second-order valence-electron chi connectivity index (χ2n) is 6.10. The van der Waals surface area contributed by atoms with Gasteiger partial charge in [0.2, 0.25) is 11.8 Å². The number of rotatable bonds is 3. The molecule has 1 saturated carbocycles. The number of para-hydroxylation sites is 2. The number of nitrogens with one attached hydrogen (secondary N) is 1. The molecule has 2 aliphatic rings. The van der Waals surface area contributed by atoms with Crippen molar-refractivity contribution in [2.75, 3.05) is 16.0 Å². The van der Waals surface area contributed by atoms with Crippen molar-refractivity contribution in [3.63, 3.8) is 0 Å². The van der Waals surface area contributed by atoms with E-state index in [-0.39, 0.29) is 17.9 Å². The maximum atomic E-state index is 12.8. The molecule has 3 rings (SSSR count). The minimum atomic E-state index is -0.111. The maximum absolute atomic E-state index is 12.8. The van der Waals surface area contributed by atoms with Gasteiger partial charge in [0.15, 0.2) is 0 Å². The van der Waals surface area contributed by atoms with E-state index >= 15 is 0 Å². The smallest absolute Gasteiger partial charge is 0.237 e. The topological polar surface area (TPSA) is 49.4 Å². The number of hydrogen-bond acceptors (Lipinski definition) is 3. The summed E-state index contributed by atoms with van der Waals surface area (Å²) >= 11 is 1.77. The molecule has 0 saturated heterocycles. The van der Waals surface area contributed by atoms with Crippen LogP contribution in [0.25, 0.3) is 0 Å². The van der Waals surface area contributed by atoms with Crippen molar-refractivity contribution in [3.05, 3.63) is 24.3 Å². The first-order chi connectivity index (χ1) is 10.6. The van der Waals surface area contributed by atoms with Gasteiger partial charge in [-0.2, -0.15) is 0 Å². The summed E-state index contributed by atoms with van der Waals surface area (Å²) in [5, 5.41) is 3.52. The van der Waals surface area contributed by atoms with E-state index in [0.717, 1.165) is 11.4 Å². The third-order valence-corrected chi connectivity index (χ3v) is 5.73. The van der Waals surface area contributed by atoms with Crippen LogP contribution in [0.4, 0.5) is 11.4 Å². The summed E-state index contributed by atoms with van der Waals surface area (Å²) in [5.41, 5.74) is 1.55. The monoisotopic (exact) mass is 318 g/mol. The first-order valence-electron chi connectivity index (χ1n) is 7.97. The summed E-state index contributed by atoms with van der Waals surface area (Å²) in [6, 6.07) is 7.45. The average Bonchev–Trinajstić information content (AvgIpc) is 2.96. The van der Waals surface area contributed by atoms with Gasteiger partial charge < -0.3 is 10.2 Å². The van der Waals surface area contributed by atoms with Crippen LogP contribution in [-0.2, 0) is 9.59 Å². The summed E-state index contributed by atoms with van der Waals surface area (Å²) in [6.07, 6.45) is 5.36. The summed E-state index contributed by atoms with van der Waals surface area (Å²) in [7, 11) is 0. The summed E-state index contributed by atoms with van der Waals surface area (Å²) in [6.45, 7) is 1.94. The molecule has 1 aromatic rings. The zero-order valence-corrected chi connectivity index (χ0v) is 13.7. The van der Waals surface area contributed by atoms with Crippen LogP contribution in [0.3, 0.4) is 0 Å². The number of nitrogens with zero attached hydrogens (tertiary/aromatic N) is 1. The molecule has 0 aromatic heterocycles. The molecule has 22 heavy (non-hydrogen) atoms. The van der Waals surface area contributed by atoms with Gasteiger partial charge in [0.05, 0.1) is 17.1 Å². The standard InChI is InChI=1S/C17H22N2O2S/c1-12-10-16(20)18-14-8-4-5-9-15(14)19(12)17(21)11-22-13-6-2-3-7-13/h4-5,8-9,12-13H,2-3,6-7,10-11H2,1H3,(H,18,20)/t12-/m0/s1. The van der Waals surface area contributed by atoms with Crippen molar-refractivity contribution >= 4 is 35.0 Å². The Labute approximate surface area is 135 Å². The van der Waals surface area contributed by atoms with Gasteiger partial charge in [-0.05, 0) is 31.9 Å². The Hall–Kier alpha value is -1.49. The number of benzene rings is 1. The molecule has 1 fully saturated rings. The molecule has 5 heteroatoms. The fraction of sp³-hybridized carbons (Fsp3) is 0.529. The van der Waals surface area contributed by atoms with E-state index in [1.54, 1.807) is 16.7 Å². The van der Waals surface area contributed by atoms with Gasteiger partial charge in [0.25, 0.3) is 0 Å². The van der Waals surface area contributed by atoms with E-state index in [1.165, 1.54) is 25.7 Å². The molecule has 4 nitrogen and oxygen atoms in total. The lowest BCUT2D eigenvalue weighted by molar-refractivity contribution is -0.117. The largest absolute Gasteiger partial charge is 0.324 e. The Bertz CT molecular complexity index is 570. The normalized spacial score (nSPS) is 22.1. The Morgan fingerprint density at radius 2 is 2.05 bits per heavy atom. The van der Waals surface area contributed by atoms with Crippen LogP contribution in [-0.4, -0.2) is 28.9 Å². The minimum Gasteiger partial charge on any atom is -0.324 e.